The number of nitrogens with zero attached hydrogens (tertiary/aromatic N) is 1. The minimum Gasteiger partial charge on any atom is -0.360 e. The molecule has 4 nitrogen and oxygen atoms in total. The summed E-state index contributed by atoms with van der Waals surface area (Å²) in [4.78, 5) is 15.9. The lowest BCUT2D eigenvalue weighted by molar-refractivity contribution is -0.880. The van der Waals surface area contributed by atoms with Crippen LogP contribution in [0.3, 0.4) is 0 Å². The normalized spacial score (nSPS) is 15.4. The summed E-state index contributed by atoms with van der Waals surface area (Å²) in [6, 6.07) is 10.7. The molecular weight excluding hydrogens is 312 g/mol. The topological polar surface area (TPSA) is 36.8 Å². The predicted octanol–water partition coefficient (Wildman–Crippen LogP) is 1.55. The van der Waals surface area contributed by atoms with Gasteiger partial charge in [-0.25, -0.2) is 8.78 Å². The Labute approximate surface area is 139 Å². The molecule has 1 aliphatic rings. The largest absolute Gasteiger partial charge is 0.360 e. The van der Waals surface area contributed by atoms with Crippen LogP contribution in [0.15, 0.2) is 42.5 Å². The van der Waals surface area contributed by atoms with E-state index in [0.29, 0.717) is 5.69 Å². The van der Waals surface area contributed by atoms with Crippen molar-refractivity contribution < 1.29 is 18.5 Å². The second kappa shape index (κ2) is 6.97. The van der Waals surface area contributed by atoms with Gasteiger partial charge in [0.05, 0.1) is 33.2 Å². The maximum atomic E-state index is 13.6. The van der Waals surface area contributed by atoms with Crippen molar-refractivity contribution in [3.8, 4) is 0 Å². The van der Waals surface area contributed by atoms with Gasteiger partial charge < -0.3 is 15.1 Å². The molecule has 0 aromatic heterocycles. The number of nitrogens with one attached hydrogen (secondary N) is 2. The standard InChI is InChI=1S/C18H19F2N3O/c1-22-9-11-23(12-10-22)14-7-5-13(6-8-14)21-18(24)17-15(19)3-2-4-16(17)20/h2-8H,9-12H2,1H3,(H,21,24)/p+1. The zero-order chi connectivity index (χ0) is 17.1. The Morgan fingerprint density at radius 2 is 1.62 bits per heavy atom. The summed E-state index contributed by atoms with van der Waals surface area (Å²) in [5.41, 5.74) is 1.02. The Kier molecular flexibility index (Phi) is 4.76. The quantitative estimate of drug-likeness (QED) is 0.895. The van der Waals surface area contributed by atoms with Crippen molar-refractivity contribution in [2.45, 2.75) is 0 Å². The van der Waals surface area contributed by atoms with Gasteiger partial charge >= 0.3 is 0 Å². The van der Waals surface area contributed by atoms with Gasteiger partial charge in [-0.15, -0.1) is 0 Å². The van der Waals surface area contributed by atoms with Crippen LogP contribution in [0, 0.1) is 11.6 Å². The summed E-state index contributed by atoms with van der Waals surface area (Å²) in [6.45, 7) is 4.14. The minimum atomic E-state index is -0.871. The zero-order valence-electron chi connectivity index (χ0n) is 13.5. The van der Waals surface area contributed by atoms with Gasteiger partial charge in [0.15, 0.2) is 0 Å². The Morgan fingerprint density at radius 3 is 2.21 bits per heavy atom. The van der Waals surface area contributed by atoms with Gasteiger partial charge in [0.1, 0.15) is 17.2 Å². The summed E-state index contributed by atoms with van der Waals surface area (Å²) in [5.74, 6) is -2.53. The molecule has 2 aromatic carbocycles. The highest BCUT2D eigenvalue weighted by molar-refractivity contribution is 6.04. The molecule has 1 heterocycles. The van der Waals surface area contributed by atoms with E-state index in [4.69, 9.17) is 0 Å². The van der Waals surface area contributed by atoms with Crippen LogP contribution in [0.25, 0.3) is 0 Å². The number of hydrogen-bond acceptors (Lipinski definition) is 2. The zero-order valence-corrected chi connectivity index (χ0v) is 13.5. The first kappa shape index (κ1) is 16.4. The molecule has 0 saturated carbocycles. The fourth-order valence-corrected chi connectivity index (χ4v) is 2.81. The van der Waals surface area contributed by atoms with Crippen LogP contribution < -0.4 is 15.1 Å². The van der Waals surface area contributed by atoms with E-state index in [1.807, 2.05) is 12.1 Å². The Balaban J connectivity index is 1.69. The van der Waals surface area contributed by atoms with Gasteiger partial charge in [-0.05, 0) is 36.4 Å². The molecule has 0 atom stereocenters. The van der Waals surface area contributed by atoms with Crippen molar-refractivity contribution in [3.05, 3.63) is 59.7 Å². The van der Waals surface area contributed by atoms with Crippen LogP contribution in [0.2, 0.25) is 0 Å². The Bertz CT molecular complexity index is 705. The average molecular weight is 332 g/mol. The Hall–Kier alpha value is -2.47. The lowest BCUT2D eigenvalue weighted by atomic mass is 10.1. The minimum absolute atomic E-state index is 0.506. The number of rotatable bonds is 3. The molecule has 0 radical (unpaired) electrons. The highest BCUT2D eigenvalue weighted by Gasteiger charge is 2.18. The molecule has 24 heavy (non-hydrogen) atoms. The number of anilines is 2. The van der Waals surface area contributed by atoms with E-state index < -0.39 is 23.1 Å². The maximum absolute atomic E-state index is 13.6. The number of piperazine rings is 1. The van der Waals surface area contributed by atoms with Gasteiger partial charge in [-0.3, -0.25) is 4.79 Å². The van der Waals surface area contributed by atoms with E-state index in [1.165, 1.54) is 11.0 Å². The predicted molar refractivity (Wildman–Crippen MR) is 89.6 cm³/mol. The number of halogens is 2. The van der Waals surface area contributed by atoms with Crippen molar-refractivity contribution in [2.24, 2.45) is 0 Å². The third-order valence-electron chi connectivity index (χ3n) is 4.30. The monoisotopic (exact) mass is 332 g/mol. The lowest BCUT2D eigenvalue weighted by Crippen LogP contribution is -3.12. The first-order valence-corrected chi connectivity index (χ1v) is 7.96. The molecule has 2 N–H and O–H groups in total. The first-order chi connectivity index (χ1) is 11.5. The number of carbonyl (C=O) groups excluding carboxylic acids is 1. The average Bonchev–Trinajstić information content (AvgIpc) is 2.56. The fraction of sp³-hybridized carbons (Fsp3) is 0.278. The summed E-state index contributed by atoms with van der Waals surface area (Å²) < 4.78 is 27.3. The molecule has 6 heteroatoms. The molecule has 3 rings (SSSR count). The second-order valence-electron chi connectivity index (χ2n) is 6.04. The Morgan fingerprint density at radius 1 is 1.04 bits per heavy atom. The molecule has 1 saturated heterocycles. The highest BCUT2D eigenvalue weighted by atomic mass is 19.1. The van der Waals surface area contributed by atoms with E-state index in [9.17, 15) is 13.6 Å². The summed E-state index contributed by atoms with van der Waals surface area (Å²) in [7, 11) is 2.18. The van der Waals surface area contributed by atoms with Crippen LogP contribution >= 0.6 is 0 Å². The molecule has 0 aliphatic carbocycles. The van der Waals surface area contributed by atoms with Gasteiger partial charge in [-0.1, -0.05) is 6.07 Å². The molecular formula is C18H20F2N3O+. The maximum Gasteiger partial charge on any atom is 0.261 e. The molecule has 1 amide bonds. The van der Waals surface area contributed by atoms with E-state index in [0.717, 1.165) is 44.0 Å². The molecule has 1 fully saturated rings. The SMILES string of the molecule is C[NH+]1CCN(c2ccc(NC(=O)c3c(F)cccc3F)cc2)CC1. The van der Waals surface area contributed by atoms with E-state index in [2.05, 4.69) is 17.3 Å². The second-order valence-corrected chi connectivity index (χ2v) is 6.04. The molecule has 0 unspecified atom stereocenters. The van der Waals surface area contributed by atoms with Crippen molar-refractivity contribution in [2.75, 3.05) is 43.4 Å². The molecule has 0 spiro atoms. The van der Waals surface area contributed by atoms with Crippen molar-refractivity contribution >= 4 is 17.3 Å². The lowest BCUT2D eigenvalue weighted by Gasteiger charge is -2.31. The summed E-state index contributed by atoms with van der Waals surface area (Å²) in [5, 5.41) is 2.54. The number of hydrogen-bond donors (Lipinski definition) is 2. The van der Waals surface area contributed by atoms with Gasteiger partial charge in [0, 0.05) is 11.4 Å². The third kappa shape index (κ3) is 3.54. The fourth-order valence-electron chi connectivity index (χ4n) is 2.81. The number of amides is 1. The van der Waals surface area contributed by atoms with E-state index >= 15 is 0 Å². The van der Waals surface area contributed by atoms with Crippen molar-refractivity contribution in [1.82, 2.24) is 0 Å². The van der Waals surface area contributed by atoms with Gasteiger partial charge in [-0.2, -0.15) is 0 Å². The number of benzene rings is 2. The molecule has 1 aliphatic heterocycles. The van der Waals surface area contributed by atoms with Crippen LogP contribution in [0.5, 0.6) is 0 Å². The molecule has 2 aromatic rings. The summed E-state index contributed by atoms with van der Waals surface area (Å²) in [6.07, 6.45) is 0. The first-order valence-electron chi connectivity index (χ1n) is 7.96. The van der Waals surface area contributed by atoms with Crippen LogP contribution in [-0.2, 0) is 0 Å². The van der Waals surface area contributed by atoms with Crippen LogP contribution in [-0.4, -0.2) is 39.1 Å². The third-order valence-corrected chi connectivity index (χ3v) is 4.30. The van der Waals surface area contributed by atoms with E-state index in [-0.39, 0.29) is 0 Å². The number of carbonyl (C=O) groups is 1. The smallest absolute Gasteiger partial charge is 0.261 e. The van der Waals surface area contributed by atoms with Crippen molar-refractivity contribution in [1.29, 1.82) is 0 Å². The van der Waals surface area contributed by atoms with Gasteiger partial charge in [0.2, 0.25) is 0 Å². The molecule has 126 valence electrons. The van der Waals surface area contributed by atoms with Crippen molar-refractivity contribution in [3.63, 3.8) is 0 Å². The highest BCUT2D eigenvalue weighted by Crippen LogP contribution is 2.20. The summed E-state index contributed by atoms with van der Waals surface area (Å²) >= 11 is 0. The van der Waals surface area contributed by atoms with Crippen LogP contribution in [0.1, 0.15) is 10.4 Å². The number of quaternary nitrogens is 1. The van der Waals surface area contributed by atoms with Crippen LogP contribution in [0.4, 0.5) is 20.2 Å². The van der Waals surface area contributed by atoms with E-state index in [1.54, 1.807) is 12.1 Å². The van der Waals surface area contributed by atoms with Gasteiger partial charge in [0.25, 0.3) is 5.91 Å². The molecule has 0 bridgehead atoms. The number of likely N-dealkylation sites (N-methyl/N-ethyl adjacent to an activating group) is 1.